The first-order chi connectivity index (χ1) is 25.7. The summed E-state index contributed by atoms with van der Waals surface area (Å²) in [5.74, 6) is -0.817. The number of unbranched alkanes of at least 4 members (excludes halogenated alkanes) is 19. The van der Waals surface area contributed by atoms with E-state index in [1.165, 1.54) is 89.9 Å². The molecule has 0 aliphatic heterocycles. The number of ether oxygens (including phenoxy) is 2. The molecule has 0 aromatic heterocycles. The third-order valence-corrected chi connectivity index (χ3v) is 9.31. The molecule has 9 nitrogen and oxygen atoms in total. The van der Waals surface area contributed by atoms with Crippen molar-refractivity contribution in [2.45, 2.75) is 193 Å². The maximum atomic E-state index is 12.4. The maximum absolute atomic E-state index is 12.4. The van der Waals surface area contributed by atoms with E-state index in [1.54, 1.807) is 12.2 Å². The minimum absolute atomic E-state index is 0.110. The van der Waals surface area contributed by atoms with Gasteiger partial charge in [-0.15, -0.1) is 0 Å². The molecule has 0 aliphatic carbocycles. The lowest BCUT2D eigenvalue weighted by Crippen LogP contribution is -2.29. The zero-order chi connectivity index (χ0) is 39.1. The Labute approximate surface area is 322 Å². The molecular formula is C43H75O9P. The predicted octanol–water partition coefficient (Wildman–Crippen LogP) is 11.9. The molecule has 0 bridgehead atoms. The molecule has 0 spiro atoms. The third kappa shape index (κ3) is 40.7. The van der Waals surface area contributed by atoms with Gasteiger partial charge in [-0.2, -0.15) is 0 Å². The van der Waals surface area contributed by atoms with Crippen LogP contribution in [0.4, 0.5) is 0 Å². The first-order valence-corrected chi connectivity index (χ1v) is 22.4. The van der Waals surface area contributed by atoms with Gasteiger partial charge in [-0.1, -0.05) is 172 Å². The topological polar surface area (TPSA) is 136 Å². The van der Waals surface area contributed by atoms with E-state index in [4.69, 9.17) is 19.3 Å². The lowest BCUT2D eigenvalue weighted by Gasteiger charge is -2.18. The van der Waals surface area contributed by atoms with Gasteiger partial charge in [0.15, 0.2) is 11.9 Å². The molecule has 0 radical (unpaired) electrons. The SMILES string of the molecule is CCCCCCCCCCCCCCCCCCCC(=O)OC[C@H](COP(=O)(O)O)OC(=O)CCC/C=C\C/C=C\C/C=C\C=C\C(=O)CCCCC. The lowest BCUT2D eigenvalue weighted by atomic mass is 10.0. The van der Waals surface area contributed by atoms with E-state index < -0.39 is 32.5 Å². The van der Waals surface area contributed by atoms with Crippen molar-refractivity contribution >= 4 is 25.5 Å². The van der Waals surface area contributed by atoms with E-state index in [-0.39, 0.29) is 25.2 Å². The van der Waals surface area contributed by atoms with E-state index in [0.29, 0.717) is 25.7 Å². The van der Waals surface area contributed by atoms with Gasteiger partial charge < -0.3 is 19.3 Å². The van der Waals surface area contributed by atoms with E-state index in [1.807, 2.05) is 36.5 Å². The van der Waals surface area contributed by atoms with Crippen LogP contribution in [-0.2, 0) is 32.9 Å². The molecule has 0 rings (SSSR count). The molecule has 10 heteroatoms. The van der Waals surface area contributed by atoms with Crippen LogP contribution in [0.3, 0.4) is 0 Å². The van der Waals surface area contributed by atoms with E-state index in [9.17, 15) is 18.9 Å². The van der Waals surface area contributed by atoms with Gasteiger partial charge in [-0.05, 0) is 44.6 Å². The van der Waals surface area contributed by atoms with Crippen molar-refractivity contribution in [1.29, 1.82) is 0 Å². The summed E-state index contributed by atoms with van der Waals surface area (Å²) < 4.78 is 26.3. The van der Waals surface area contributed by atoms with Gasteiger partial charge in [0, 0.05) is 19.3 Å². The van der Waals surface area contributed by atoms with Crippen LogP contribution in [0.2, 0.25) is 0 Å². The van der Waals surface area contributed by atoms with Crippen LogP contribution in [-0.4, -0.2) is 46.8 Å². The number of rotatable bonds is 38. The first-order valence-electron chi connectivity index (χ1n) is 20.9. The van der Waals surface area contributed by atoms with Crippen LogP contribution in [0.25, 0.3) is 0 Å². The molecule has 53 heavy (non-hydrogen) atoms. The van der Waals surface area contributed by atoms with Crippen molar-refractivity contribution < 1.29 is 42.7 Å². The molecular weight excluding hydrogens is 691 g/mol. The predicted molar refractivity (Wildman–Crippen MR) is 216 cm³/mol. The van der Waals surface area contributed by atoms with Crippen LogP contribution >= 0.6 is 7.82 Å². The highest BCUT2D eigenvalue weighted by atomic mass is 31.2. The Morgan fingerprint density at radius 3 is 1.58 bits per heavy atom. The third-order valence-electron chi connectivity index (χ3n) is 8.83. The largest absolute Gasteiger partial charge is 0.469 e. The Balaban J connectivity index is 4.05. The highest BCUT2D eigenvalue weighted by Gasteiger charge is 2.22. The fraction of sp³-hybridized carbons (Fsp3) is 0.744. The summed E-state index contributed by atoms with van der Waals surface area (Å²) in [7, 11) is -4.78. The number of ketones is 1. The van der Waals surface area contributed by atoms with Crippen LogP contribution in [0.15, 0.2) is 48.6 Å². The Hall–Kier alpha value is -2.32. The van der Waals surface area contributed by atoms with Crippen LogP contribution < -0.4 is 0 Å². The maximum Gasteiger partial charge on any atom is 0.469 e. The number of phosphoric acid groups is 1. The number of allylic oxidation sites excluding steroid dienone is 8. The molecule has 306 valence electrons. The van der Waals surface area contributed by atoms with Gasteiger partial charge >= 0.3 is 19.8 Å². The number of esters is 2. The number of carbonyl (C=O) groups is 3. The van der Waals surface area contributed by atoms with Crippen LogP contribution in [0.1, 0.15) is 187 Å². The van der Waals surface area contributed by atoms with Gasteiger partial charge in [0.1, 0.15) is 6.61 Å². The molecule has 0 fully saturated rings. The van der Waals surface area contributed by atoms with Gasteiger partial charge in [0.25, 0.3) is 0 Å². The number of hydrogen-bond acceptors (Lipinski definition) is 7. The van der Waals surface area contributed by atoms with Crippen molar-refractivity contribution in [3.8, 4) is 0 Å². The minimum Gasteiger partial charge on any atom is -0.462 e. The molecule has 0 aromatic rings. The molecule has 0 unspecified atom stereocenters. The summed E-state index contributed by atoms with van der Waals surface area (Å²) in [6, 6.07) is 0. The standard InChI is InChI=1S/C43H75O9P/c1-3-5-7-8-9-10-11-12-13-14-15-16-19-22-25-28-32-36-42(45)50-38-41(39-51-53(47,48)49)52-43(46)37-33-29-26-23-20-17-18-21-24-27-31-35-40(44)34-30-6-4-2/h17-18,23-24,26-27,31,35,41H,3-16,19-22,25,28-30,32-34,36-39H2,1-2H3,(H2,47,48,49)/b18-17-,26-23-,27-24-,35-31+/t41-/m1/s1. The van der Waals surface area contributed by atoms with Crippen LogP contribution in [0, 0.1) is 0 Å². The monoisotopic (exact) mass is 767 g/mol. The zero-order valence-electron chi connectivity index (χ0n) is 33.4. The zero-order valence-corrected chi connectivity index (χ0v) is 34.3. The van der Waals surface area contributed by atoms with Crippen molar-refractivity contribution in [2.75, 3.05) is 13.2 Å². The molecule has 0 heterocycles. The highest BCUT2D eigenvalue weighted by molar-refractivity contribution is 7.46. The van der Waals surface area contributed by atoms with Crippen molar-refractivity contribution in [2.24, 2.45) is 0 Å². The Bertz CT molecular complexity index is 1060. The van der Waals surface area contributed by atoms with Gasteiger partial charge in [0.05, 0.1) is 6.61 Å². The summed E-state index contributed by atoms with van der Waals surface area (Å²) in [6.45, 7) is 3.48. The molecule has 1 atom stereocenters. The molecule has 2 N–H and O–H groups in total. The summed E-state index contributed by atoms with van der Waals surface area (Å²) in [6.07, 6.45) is 42.5. The van der Waals surface area contributed by atoms with Crippen molar-refractivity contribution in [3.63, 3.8) is 0 Å². The Morgan fingerprint density at radius 2 is 1.02 bits per heavy atom. The van der Waals surface area contributed by atoms with Gasteiger partial charge in [-0.25, -0.2) is 4.57 Å². The minimum atomic E-state index is -4.78. The molecule has 0 aromatic carbocycles. The average Bonchev–Trinajstić information content (AvgIpc) is 3.12. The van der Waals surface area contributed by atoms with Crippen LogP contribution in [0.5, 0.6) is 0 Å². The Kier molecular flexibility index (Phi) is 36.3. The fourth-order valence-electron chi connectivity index (χ4n) is 5.67. The van der Waals surface area contributed by atoms with Gasteiger partial charge in [0.2, 0.25) is 0 Å². The fourth-order valence-corrected chi connectivity index (χ4v) is 6.03. The molecule has 0 aliphatic rings. The quantitative estimate of drug-likeness (QED) is 0.0157. The second kappa shape index (κ2) is 38.0. The summed E-state index contributed by atoms with van der Waals surface area (Å²) in [5, 5.41) is 0. The number of phosphoric ester groups is 1. The van der Waals surface area contributed by atoms with Gasteiger partial charge in [-0.3, -0.25) is 18.9 Å². The van der Waals surface area contributed by atoms with E-state index in [2.05, 4.69) is 18.4 Å². The van der Waals surface area contributed by atoms with Crippen molar-refractivity contribution in [1.82, 2.24) is 0 Å². The smallest absolute Gasteiger partial charge is 0.462 e. The highest BCUT2D eigenvalue weighted by Crippen LogP contribution is 2.36. The average molecular weight is 767 g/mol. The molecule has 0 amide bonds. The number of hydrogen-bond donors (Lipinski definition) is 2. The Morgan fingerprint density at radius 1 is 0.547 bits per heavy atom. The van der Waals surface area contributed by atoms with E-state index >= 15 is 0 Å². The second-order valence-corrected chi connectivity index (χ2v) is 15.2. The first kappa shape index (κ1) is 50.7. The molecule has 0 saturated carbocycles. The normalized spacial score (nSPS) is 12.8. The summed E-state index contributed by atoms with van der Waals surface area (Å²) >= 11 is 0. The number of carbonyl (C=O) groups excluding carboxylic acids is 3. The second-order valence-electron chi connectivity index (χ2n) is 14.0. The van der Waals surface area contributed by atoms with Crippen molar-refractivity contribution in [3.05, 3.63) is 48.6 Å². The molecule has 0 saturated heterocycles. The summed E-state index contributed by atoms with van der Waals surface area (Å²) in [4.78, 5) is 54.5. The van der Waals surface area contributed by atoms with E-state index in [0.717, 1.165) is 44.9 Å². The summed E-state index contributed by atoms with van der Waals surface area (Å²) in [5.41, 5.74) is 0. The lowest BCUT2D eigenvalue weighted by molar-refractivity contribution is -0.161.